The molecule has 0 aliphatic carbocycles. The SMILES string of the molecule is Nc1nc(-c2ccccc2)c(Oc2ccnc(NCc3cccnc3)c2)s1. The van der Waals surface area contributed by atoms with Crippen LogP contribution in [-0.4, -0.2) is 15.0 Å². The number of nitrogens with two attached hydrogens (primary N) is 1. The second-order valence-corrected chi connectivity index (χ2v) is 6.74. The summed E-state index contributed by atoms with van der Waals surface area (Å²) >= 11 is 1.32. The first-order valence-corrected chi connectivity index (χ1v) is 9.18. The van der Waals surface area contributed by atoms with Crippen LogP contribution in [0.4, 0.5) is 10.9 Å². The van der Waals surface area contributed by atoms with Crippen molar-refractivity contribution in [3.05, 3.63) is 78.8 Å². The van der Waals surface area contributed by atoms with Crippen LogP contribution in [0.2, 0.25) is 0 Å². The molecule has 3 N–H and O–H groups in total. The van der Waals surface area contributed by atoms with E-state index in [2.05, 4.69) is 20.3 Å². The van der Waals surface area contributed by atoms with Crippen LogP contribution < -0.4 is 15.8 Å². The predicted octanol–water partition coefficient (Wildman–Crippen LogP) is 4.59. The summed E-state index contributed by atoms with van der Waals surface area (Å²) in [6.07, 6.45) is 5.27. The molecule has 7 heteroatoms. The Morgan fingerprint density at radius 1 is 1.04 bits per heavy atom. The molecule has 4 rings (SSSR count). The van der Waals surface area contributed by atoms with Crippen LogP contribution in [0.15, 0.2) is 73.2 Å². The van der Waals surface area contributed by atoms with E-state index in [0.717, 1.165) is 22.6 Å². The maximum Gasteiger partial charge on any atom is 0.210 e. The smallest absolute Gasteiger partial charge is 0.210 e. The Morgan fingerprint density at radius 2 is 1.93 bits per heavy atom. The summed E-state index contributed by atoms with van der Waals surface area (Å²) in [5, 5.41) is 4.39. The molecular weight excluding hydrogens is 358 g/mol. The first kappa shape index (κ1) is 17.0. The third-order valence-electron chi connectivity index (χ3n) is 3.80. The zero-order valence-electron chi connectivity index (χ0n) is 14.4. The van der Waals surface area contributed by atoms with Crippen LogP contribution in [0.25, 0.3) is 11.3 Å². The molecule has 0 unspecified atom stereocenters. The van der Waals surface area contributed by atoms with Gasteiger partial charge in [-0.1, -0.05) is 47.7 Å². The number of hydrogen-bond donors (Lipinski definition) is 2. The molecule has 134 valence electrons. The minimum absolute atomic E-state index is 0.466. The fourth-order valence-electron chi connectivity index (χ4n) is 2.54. The number of ether oxygens (including phenoxy) is 1. The molecule has 0 spiro atoms. The Kier molecular flexibility index (Phi) is 4.93. The quantitative estimate of drug-likeness (QED) is 0.513. The van der Waals surface area contributed by atoms with Gasteiger partial charge in [0.15, 0.2) is 5.13 Å². The van der Waals surface area contributed by atoms with E-state index in [-0.39, 0.29) is 0 Å². The minimum Gasteiger partial charge on any atom is -0.444 e. The molecule has 3 aromatic heterocycles. The van der Waals surface area contributed by atoms with Crippen LogP contribution in [0.1, 0.15) is 5.56 Å². The highest BCUT2D eigenvalue weighted by Crippen LogP contribution is 2.39. The number of hydrogen-bond acceptors (Lipinski definition) is 7. The molecule has 3 heterocycles. The van der Waals surface area contributed by atoms with Crippen molar-refractivity contribution in [1.29, 1.82) is 0 Å². The summed E-state index contributed by atoms with van der Waals surface area (Å²) in [7, 11) is 0. The van der Waals surface area contributed by atoms with E-state index in [9.17, 15) is 0 Å². The van der Waals surface area contributed by atoms with Gasteiger partial charge in [0.05, 0.1) is 0 Å². The van der Waals surface area contributed by atoms with Gasteiger partial charge in [0.2, 0.25) is 5.06 Å². The van der Waals surface area contributed by atoms with E-state index in [1.54, 1.807) is 18.5 Å². The lowest BCUT2D eigenvalue weighted by atomic mass is 10.2. The van der Waals surface area contributed by atoms with Gasteiger partial charge < -0.3 is 15.8 Å². The van der Waals surface area contributed by atoms with E-state index in [1.165, 1.54) is 11.3 Å². The monoisotopic (exact) mass is 375 g/mol. The standard InChI is InChI=1S/C20H17N5OS/c21-20-25-18(15-6-2-1-3-7-15)19(27-20)26-16-8-10-23-17(11-16)24-13-14-5-4-9-22-12-14/h1-12H,13H2,(H2,21,25)(H,23,24). The molecule has 6 nitrogen and oxygen atoms in total. The fourth-order valence-corrected chi connectivity index (χ4v) is 3.27. The highest BCUT2D eigenvalue weighted by Gasteiger charge is 2.14. The summed E-state index contributed by atoms with van der Waals surface area (Å²) in [6, 6.07) is 17.4. The van der Waals surface area contributed by atoms with Crippen LogP contribution in [0.3, 0.4) is 0 Å². The first-order valence-electron chi connectivity index (χ1n) is 8.36. The normalized spacial score (nSPS) is 10.5. The van der Waals surface area contributed by atoms with Gasteiger partial charge in [-0.15, -0.1) is 0 Å². The van der Waals surface area contributed by atoms with Crippen molar-refractivity contribution in [2.75, 3.05) is 11.1 Å². The Hall–Kier alpha value is -3.45. The summed E-state index contributed by atoms with van der Waals surface area (Å²) in [6.45, 7) is 0.632. The topological polar surface area (TPSA) is 86.0 Å². The number of nitrogens with zero attached hydrogens (tertiary/aromatic N) is 3. The van der Waals surface area contributed by atoms with Gasteiger partial charge in [-0.3, -0.25) is 4.98 Å². The lowest BCUT2D eigenvalue weighted by Crippen LogP contribution is -2.01. The van der Waals surface area contributed by atoms with E-state index >= 15 is 0 Å². The number of nitrogens with one attached hydrogen (secondary N) is 1. The van der Waals surface area contributed by atoms with Gasteiger partial charge in [0, 0.05) is 36.8 Å². The van der Waals surface area contributed by atoms with Gasteiger partial charge in [0.25, 0.3) is 0 Å². The van der Waals surface area contributed by atoms with Gasteiger partial charge in [0.1, 0.15) is 17.3 Å². The predicted molar refractivity (Wildman–Crippen MR) is 108 cm³/mol. The Labute approximate surface area is 160 Å². The van der Waals surface area contributed by atoms with Crippen molar-refractivity contribution >= 4 is 22.3 Å². The van der Waals surface area contributed by atoms with Gasteiger partial charge in [-0.05, 0) is 17.7 Å². The van der Waals surface area contributed by atoms with E-state index in [4.69, 9.17) is 10.5 Å². The first-order chi connectivity index (χ1) is 13.3. The number of rotatable bonds is 6. The van der Waals surface area contributed by atoms with Crippen LogP contribution in [0.5, 0.6) is 10.8 Å². The highest BCUT2D eigenvalue weighted by molar-refractivity contribution is 7.17. The molecule has 0 aliphatic heterocycles. The molecular formula is C20H17N5OS. The van der Waals surface area contributed by atoms with Crippen molar-refractivity contribution in [1.82, 2.24) is 15.0 Å². The third kappa shape index (κ3) is 4.21. The zero-order chi connectivity index (χ0) is 18.5. The Bertz CT molecular complexity index is 1020. The molecule has 4 aromatic rings. The van der Waals surface area contributed by atoms with Gasteiger partial charge >= 0.3 is 0 Å². The molecule has 27 heavy (non-hydrogen) atoms. The summed E-state index contributed by atoms with van der Waals surface area (Å²) < 4.78 is 6.06. The van der Waals surface area contributed by atoms with Crippen LogP contribution >= 0.6 is 11.3 Å². The zero-order valence-corrected chi connectivity index (χ0v) is 15.2. The molecule has 0 radical (unpaired) electrons. The summed E-state index contributed by atoms with van der Waals surface area (Å²) in [5.41, 5.74) is 8.68. The molecule has 1 aromatic carbocycles. The third-order valence-corrected chi connectivity index (χ3v) is 4.56. The number of nitrogen functional groups attached to an aromatic ring is 1. The number of benzene rings is 1. The van der Waals surface area contributed by atoms with Crippen molar-refractivity contribution in [3.8, 4) is 22.1 Å². The van der Waals surface area contributed by atoms with Crippen LogP contribution in [-0.2, 0) is 6.54 Å². The lowest BCUT2D eigenvalue weighted by Gasteiger charge is -2.09. The lowest BCUT2D eigenvalue weighted by molar-refractivity contribution is 0.496. The van der Waals surface area contributed by atoms with Crippen molar-refractivity contribution in [3.63, 3.8) is 0 Å². The number of aromatic nitrogens is 3. The van der Waals surface area contributed by atoms with Gasteiger partial charge in [-0.2, -0.15) is 0 Å². The van der Waals surface area contributed by atoms with Crippen molar-refractivity contribution < 1.29 is 4.74 Å². The van der Waals surface area contributed by atoms with Crippen LogP contribution in [0, 0.1) is 0 Å². The van der Waals surface area contributed by atoms with E-state index < -0.39 is 0 Å². The molecule has 0 bridgehead atoms. The van der Waals surface area contributed by atoms with E-state index in [1.807, 2.05) is 54.7 Å². The molecule has 0 amide bonds. The number of anilines is 2. The number of pyridine rings is 2. The second kappa shape index (κ2) is 7.84. The fraction of sp³-hybridized carbons (Fsp3) is 0.0500. The Balaban J connectivity index is 1.52. The maximum absolute atomic E-state index is 6.06. The number of thiazole rings is 1. The summed E-state index contributed by atoms with van der Waals surface area (Å²) in [5.74, 6) is 1.38. The summed E-state index contributed by atoms with van der Waals surface area (Å²) in [4.78, 5) is 12.9. The molecule has 0 fully saturated rings. The van der Waals surface area contributed by atoms with Gasteiger partial charge in [-0.25, -0.2) is 9.97 Å². The largest absolute Gasteiger partial charge is 0.444 e. The highest BCUT2D eigenvalue weighted by atomic mass is 32.1. The minimum atomic E-state index is 0.466. The second-order valence-electron chi connectivity index (χ2n) is 5.75. The maximum atomic E-state index is 6.06. The average molecular weight is 375 g/mol. The Morgan fingerprint density at radius 3 is 2.74 bits per heavy atom. The molecule has 0 aliphatic rings. The average Bonchev–Trinajstić information content (AvgIpc) is 3.08. The molecule has 0 saturated carbocycles. The van der Waals surface area contributed by atoms with Crippen molar-refractivity contribution in [2.24, 2.45) is 0 Å². The molecule has 0 saturated heterocycles. The van der Waals surface area contributed by atoms with Crippen molar-refractivity contribution in [2.45, 2.75) is 6.54 Å². The van der Waals surface area contributed by atoms with E-state index in [0.29, 0.717) is 22.5 Å². The molecule has 0 atom stereocenters.